The second-order valence-corrected chi connectivity index (χ2v) is 8.38. The predicted octanol–water partition coefficient (Wildman–Crippen LogP) is 7.31. The molecular formula is C20H10Cl3IN2O2. The Bertz CT molecular complexity index is 1220. The number of halogens is 4. The molecule has 1 amide bonds. The molecule has 0 saturated heterocycles. The smallest absolute Gasteiger partial charge is 0.255 e. The van der Waals surface area contributed by atoms with Crippen molar-refractivity contribution in [2.45, 2.75) is 0 Å². The summed E-state index contributed by atoms with van der Waals surface area (Å²) < 4.78 is 6.84. The molecule has 4 rings (SSSR count). The van der Waals surface area contributed by atoms with Gasteiger partial charge in [-0.25, -0.2) is 4.98 Å². The molecule has 1 N–H and O–H groups in total. The zero-order valence-corrected chi connectivity index (χ0v) is 18.4. The summed E-state index contributed by atoms with van der Waals surface area (Å²) in [6.45, 7) is 0. The summed E-state index contributed by atoms with van der Waals surface area (Å²) >= 11 is 20.3. The first-order valence-electron chi connectivity index (χ1n) is 8.03. The Labute approximate surface area is 188 Å². The number of anilines is 1. The highest BCUT2D eigenvalue weighted by Gasteiger charge is 2.14. The van der Waals surface area contributed by atoms with E-state index in [2.05, 4.69) is 32.9 Å². The van der Waals surface area contributed by atoms with Gasteiger partial charge in [-0.15, -0.1) is 0 Å². The average Bonchev–Trinajstić information content (AvgIpc) is 3.09. The minimum Gasteiger partial charge on any atom is -0.436 e. The number of fused-ring (bicyclic) bond motifs is 1. The van der Waals surface area contributed by atoms with Gasteiger partial charge in [-0.2, -0.15) is 0 Å². The number of benzene rings is 3. The van der Waals surface area contributed by atoms with E-state index in [1.54, 1.807) is 36.4 Å². The summed E-state index contributed by atoms with van der Waals surface area (Å²) in [5.41, 5.74) is 2.90. The van der Waals surface area contributed by atoms with Crippen molar-refractivity contribution in [2.24, 2.45) is 0 Å². The molecule has 4 aromatic rings. The van der Waals surface area contributed by atoms with E-state index >= 15 is 0 Å². The van der Waals surface area contributed by atoms with Gasteiger partial charge in [0.1, 0.15) is 5.52 Å². The number of carbonyl (C=O) groups is 1. The second kappa shape index (κ2) is 7.91. The molecule has 140 valence electrons. The Kier molecular flexibility index (Phi) is 5.51. The van der Waals surface area contributed by atoms with Crippen LogP contribution in [-0.4, -0.2) is 10.9 Å². The Balaban J connectivity index is 1.63. The van der Waals surface area contributed by atoms with Crippen LogP contribution in [0.1, 0.15) is 10.4 Å². The van der Waals surface area contributed by atoms with Gasteiger partial charge < -0.3 is 9.73 Å². The maximum absolute atomic E-state index is 12.4. The first-order chi connectivity index (χ1) is 13.4. The topological polar surface area (TPSA) is 55.1 Å². The lowest BCUT2D eigenvalue weighted by atomic mass is 10.2. The van der Waals surface area contributed by atoms with E-state index < -0.39 is 0 Å². The van der Waals surface area contributed by atoms with Gasteiger partial charge in [-0.05, 0) is 77.2 Å². The number of hydrogen-bond acceptors (Lipinski definition) is 3. The lowest BCUT2D eigenvalue weighted by Crippen LogP contribution is -2.11. The maximum Gasteiger partial charge on any atom is 0.255 e. The van der Waals surface area contributed by atoms with Gasteiger partial charge >= 0.3 is 0 Å². The molecule has 0 unspecified atom stereocenters. The fraction of sp³-hybridized carbons (Fsp3) is 0. The van der Waals surface area contributed by atoms with Crippen molar-refractivity contribution in [3.05, 3.63) is 78.8 Å². The molecule has 0 aliphatic heterocycles. The molecule has 8 heteroatoms. The highest BCUT2D eigenvalue weighted by molar-refractivity contribution is 14.1. The Hall–Kier alpha value is -1.80. The highest BCUT2D eigenvalue weighted by atomic mass is 127. The minimum atomic E-state index is -0.303. The van der Waals surface area contributed by atoms with Crippen LogP contribution in [0.2, 0.25) is 15.1 Å². The third-order valence-corrected chi connectivity index (χ3v) is 5.73. The van der Waals surface area contributed by atoms with Gasteiger partial charge in [-0.3, -0.25) is 4.79 Å². The molecule has 0 spiro atoms. The molecule has 1 heterocycles. The van der Waals surface area contributed by atoms with Crippen molar-refractivity contribution in [1.82, 2.24) is 4.98 Å². The lowest BCUT2D eigenvalue weighted by Gasteiger charge is -2.06. The monoisotopic (exact) mass is 542 g/mol. The maximum atomic E-state index is 12.4. The number of nitrogens with zero attached hydrogens (tertiary/aromatic N) is 1. The van der Waals surface area contributed by atoms with Gasteiger partial charge in [-0.1, -0.05) is 34.8 Å². The molecule has 0 fully saturated rings. The van der Waals surface area contributed by atoms with E-state index in [4.69, 9.17) is 39.2 Å². The van der Waals surface area contributed by atoms with E-state index in [1.165, 1.54) is 6.07 Å². The standard InChI is InChI=1S/C20H10Cl3IN2O2/c21-14-5-2-11(24)8-13(14)20-26-17-9-12(3-6-18(17)28-20)25-19(27)10-1-4-15(22)16(23)7-10/h1-9H,(H,25,27). The summed E-state index contributed by atoms with van der Waals surface area (Å²) in [6, 6.07) is 15.5. The van der Waals surface area contributed by atoms with Crippen LogP contribution >= 0.6 is 57.4 Å². The number of aromatic nitrogens is 1. The molecule has 0 aliphatic carbocycles. The number of oxazole rings is 1. The van der Waals surface area contributed by atoms with Crippen molar-refractivity contribution in [3.8, 4) is 11.5 Å². The van der Waals surface area contributed by atoms with Crippen molar-refractivity contribution in [2.75, 3.05) is 5.32 Å². The third-order valence-electron chi connectivity index (χ3n) is 3.99. The molecule has 0 atom stereocenters. The van der Waals surface area contributed by atoms with E-state index in [0.717, 1.165) is 3.57 Å². The summed E-state index contributed by atoms with van der Waals surface area (Å²) in [7, 11) is 0. The number of hydrogen-bond donors (Lipinski definition) is 1. The van der Waals surface area contributed by atoms with Crippen LogP contribution in [0.3, 0.4) is 0 Å². The average molecular weight is 544 g/mol. The number of amides is 1. The predicted molar refractivity (Wildman–Crippen MR) is 122 cm³/mol. The van der Waals surface area contributed by atoms with E-state index in [0.29, 0.717) is 48.9 Å². The first-order valence-corrected chi connectivity index (χ1v) is 10.2. The van der Waals surface area contributed by atoms with Crippen LogP contribution in [0.5, 0.6) is 0 Å². The van der Waals surface area contributed by atoms with Gasteiger partial charge in [0.15, 0.2) is 5.58 Å². The van der Waals surface area contributed by atoms with Crippen molar-refractivity contribution in [1.29, 1.82) is 0 Å². The van der Waals surface area contributed by atoms with Crippen molar-refractivity contribution in [3.63, 3.8) is 0 Å². The van der Waals surface area contributed by atoms with Gasteiger partial charge in [0, 0.05) is 14.8 Å². The lowest BCUT2D eigenvalue weighted by molar-refractivity contribution is 0.102. The largest absolute Gasteiger partial charge is 0.436 e. The fourth-order valence-corrected chi connectivity index (χ4v) is 3.61. The van der Waals surface area contributed by atoms with Crippen LogP contribution in [0.25, 0.3) is 22.6 Å². The highest BCUT2D eigenvalue weighted by Crippen LogP contribution is 2.32. The first kappa shape index (κ1) is 19.5. The third kappa shape index (κ3) is 3.98. The van der Waals surface area contributed by atoms with Crippen LogP contribution in [0.15, 0.2) is 59.0 Å². The molecule has 1 aromatic heterocycles. The molecule has 0 saturated carbocycles. The SMILES string of the molecule is O=C(Nc1ccc2oc(-c3cc(I)ccc3Cl)nc2c1)c1ccc(Cl)c(Cl)c1. The van der Waals surface area contributed by atoms with Crippen molar-refractivity contribution < 1.29 is 9.21 Å². The Morgan fingerprint density at radius 3 is 2.50 bits per heavy atom. The normalized spacial score (nSPS) is 11.0. The van der Waals surface area contributed by atoms with Gasteiger partial charge in [0.2, 0.25) is 5.89 Å². The van der Waals surface area contributed by atoms with E-state index in [1.807, 2.05) is 12.1 Å². The van der Waals surface area contributed by atoms with Crippen LogP contribution in [0.4, 0.5) is 5.69 Å². The zero-order valence-electron chi connectivity index (χ0n) is 14.0. The summed E-state index contributed by atoms with van der Waals surface area (Å²) in [6.07, 6.45) is 0. The minimum absolute atomic E-state index is 0.303. The van der Waals surface area contributed by atoms with E-state index in [-0.39, 0.29) is 5.91 Å². The molecular weight excluding hydrogens is 533 g/mol. The second-order valence-electron chi connectivity index (χ2n) is 5.91. The molecule has 28 heavy (non-hydrogen) atoms. The number of rotatable bonds is 3. The Morgan fingerprint density at radius 2 is 1.71 bits per heavy atom. The van der Waals surface area contributed by atoms with Crippen LogP contribution in [-0.2, 0) is 0 Å². The van der Waals surface area contributed by atoms with Crippen LogP contribution < -0.4 is 5.32 Å². The summed E-state index contributed by atoms with van der Waals surface area (Å²) in [5.74, 6) is 0.119. The van der Waals surface area contributed by atoms with Crippen molar-refractivity contribution >= 4 is 80.1 Å². The summed E-state index contributed by atoms with van der Waals surface area (Å²) in [5, 5.41) is 4.08. The Morgan fingerprint density at radius 1 is 0.929 bits per heavy atom. The molecule has 3 aromatic carbocycles. The summed E-state index contributed by atoms with van der Waals surface area (Å²) in [4.78, 5) is 17.0. The molecule has 0 radical (unpaired) electrons. The number of carbonyl (C=O) groups excluding carboxylic acids is 1. The van der Waals surface area contributed by atoms with Gasteiger partial charge in [0.25, 0.3) is 5.91 Å². The molecule has 4 nitrogen and oxygen atoms in total. The van der Waals surface area contributed by atoms with Gasteiger partial charge in [0.05, 0.1) is 20.6 Å². The van der Waals surface area contributed by atoms with E-state index in [9.17, 15) is 4.79 Å². The molecule has 0 aliphatic rings. The fourth-order valence-electron chi connectivity index (χ4n) is 2.62. The number of nitrogens with one attached hydrogen (secondary N) is 1. The van der Waals surface area contributed by atoms with Crippen LogP contribution in [0, 0.1) is 3.57 Å². The quantitative estimate of drug-likeness (QED) is 0.276. The molecule has 0 bridgehead atoms. The zero-order chi connectivity index (χ0) is 19.8.